The molecule has 0 bridgehead atoms. The second kappa shape index (κ2) is 5.96. The number of hydrogen-bond donors (Lipinski definition) is 1. The van der Waals surface area contributed by atoms with E-state index in [1.165, 1.54) is 6.08 Å². The molecule has 0 saturated heterocycles. The van der Waals surface area contributed by atoms with Crippen LogP contribution in [0.3, 0.4) is 0 Å². The molecular weight excluding hydrogens is 216 g/mol. The molecule has 0 aromatic rings. The van der Waals surface area contributed by atoms with E-state index in [1.807, 2.05) is 0 Å². The van der Waals surface area contributed by atoms with Crippen molar-refractivity contribution in [1.29, 1.82) is 0 Å². The summed E-state index contributed by atoms with van der Waals surface area (Å²) < 4.78 is 0.840. The molecule has 4 heteroatoms. The molecule has 0 rings (SSSR count). The molecule has 0 aliphatic heterocycles. The molecule has 0 aromatic heterocycles. The number of carbonyl (C=O) groups excluding carboxylic acids is 2. The minimum Gasteiger partial charge on any atom is -0.341 e. The fourth-order valence-corrected chi connectivity index (χ4v) is 1.46. The summed E-state index contributed by atoms with van der Waals surface area (Å²) >= 11 is 0. The number of nitrogens with zero attached hydrogens (tertiary/aromatic N) is 1. The number of hydrogen-bond acceptors (Lipinski definition) is 2. The zero-order valence-corrected chi connectivity index (χ0v) is 11.7. The van der Waals surface area contributed by atoms with E-state index in [0.29, 0.717) is 6.42 Å². The van der Waals surface area contributed by atoms with Gasteiger partial charge in [-0.25, -0.2) is 0 Å². The van der Waals surface area contributed by atoms with E-state index < -0.39 is 5.54 Å². The monoisotopic (exact) mass is 241 g/mol. The summed E-state index contributed by atoms with van der Waals surface area (Å²) in [5.74, 6) is -0.254. The number of carbonyl (C=O) groups is 2. The van der Waals surface area contributed by atoms with Gasteiger partial charge in [-0.3, -0.25) is 9.59 Å². The normalized spacial score (nSPS) is 12.1. The average Bonchev–Trinajstić information content (AvgIpc) is 2.14. The average molecular weight is 241 g/mol. The molecule has 0 heterocycles. The maximum absolute atomic E-state index is 11.9. The lowest BCUT2D eigenvalue weighted by molar-refractivity contribution is -0.870. The van der Waals surface area contributed by atoms with Crippen LogP contribution in [0.25, 0.3) is 0 Å². The van der Waals surface area contributed by atoms with E-state index in [0.717, 1.165) is 17.4 Å². The SMILES string of the molecule is C=CC(=O)NC(C)(C)C(=O)CCC[N+](C)(C)C. The summed E-state index contributed by atoms with van der Waals surface area (Å²) in [5.41, 5.74) is -0.809. The Morgan fingerprint density at radius 1 is 1.29 bits per heavy atom. The van der Waals surface area contributed by atoms with Gasteiger partial charge in [0.15, 0.2) is 5.78 Å². The summed E-state index contributed by atoms with van der Waals surface area (Å²) in [6.45, 7) is 7.76. The van der Waals surface area contributed by atoms with Gasteiger partial charge in [0.05, 0.1) is 33.2 Å². The minimum atomic E-state index is -0.809. The molecule has 1 amide bonds. The summed E-state index contributed by atoms with van der Waals surface area (Å²) in [4.78, 5) is 23.1. The van der Waals surface area contributed by atoms with Crippen LogP contribution in [-0.2, 0) is 9.59 Å². The van der Waals surface area contributed by atoms with Gasteiger partial charge in [-0.05, 0) is 19.9 Å². The maximum Gasteiger partial charge on any atom is 0.244 e. The molecular formula is C13H25N2O2+. The number of Topliss-reactive ketones (excluding diaryl/α,β-unsaturated/α-hetero) is 1. The smallest absolute Gasteiger partial charge is 0.244 e. The van der Waals surface area contributed by atoms with Crippen molar-refractivity contribution in [2.75, 3.05) is 27.7 Å². The molecule has 0 radical (unpaired) electrons. The highest BCUT2D eigenvalue weighted by Crippen LogP contribution is 2.10. The van der Waals surface area contributed by atoms with Crippen LogP contribution < -0.4 is 5.32 Å². The van der Waals surface area contributed by atoms with E-state index in [2.05, 4.69) is 33.0 Å². The lowest BCUT2D eigenvalue weighted by Crippen LogP contribution is -2.49. The van der Waals surface area contributed by atoms with Crippen LogP contribution in [0, 0.1) is 0 Å². The Morgan fingerprint density at radius 3 is 2.24 bits per heavy atom. The van der Waals surface area contributed by atoms with Crippen LogP contribution in [0.5, 0.6) is 0 Å². The summed E-state index contributed by atoms with van der Waals surface area (Å²) in [7, 11) is 6.28. The Labute approximate surface area is 104 Å². The standard InChI is InChI=1S/C13H24N2O2/c1-7-12(17)14-13(2,3)11(16)9-8-10-15(4,5)6/h7H,1,8-10H2,2-6H3/p+1. The summed E-state index contributed by atoms with van der Waals surface area (Å²) in [6, 6.07) is 0. The topological polar surface area (TPSA) is 46.2 Å². The molecule has 4 nitrogen and oxygen atoms in total. The fourth-order valence-electron chi connectivity index (χ4n) is 1.46. The Bertz CT molecular complexity index is 301. The molecule has 0 aliphatic carbocycles. The highest BCUT2D eigenvalue weighted by atomic mass is 16.2. The van der Waals surface area contributed by atoms with Crippen LogP contribution in [0.4, 0.5) is 0 Å². The molecule has 0 spiro atoms. The van der Waals surface area contributed by atoms with Gasteiger partial charge in [0, 0.05) is 12.8 Å². The lowest BCUT2D eigenvalue weighted by atomic mass is 9.95. The van der Waals surface area contributed by atoms with Gasteiger partial charge in [-0.2, -0.15) is 0 Å². The third-order valence-corrected chi connectivity index (χ3v) is 2.55. The van der Waals surface area contributed by atoms with E-state index in [-0.39, 0.29) is 11.7 Å². The zero-order chi connectivity index (χ0) is 13.7. The molecule has 0 unspecified atom stereocenters. The van der Waals surface area contributed by atoms with E-state index >= 15 is 0 Å². The molecule has 0 fully saturated rings. The van der Waals surface area contributed by atoms with E-state index in [9.17, 15) is 9.59 Å². The van der Waals surface area contributed by atoms with Crippen molar-refractivity contribution in [2.45, 2.75) is 32.2 Å². The molecule has 0 aromatic carbocycles. The van der Waals surface area contributed by atoms with Gasteiger partial charge in [0.2, 0.25) is 5.91 Å². The Hall–Kier alpha value is -1.16. The highest BCUT2D eigenvalue weighted by Gasteiger charge is 2.28. The third-order valence-electron chi connectivity index (χ3n) is 2.55. The van der Waals surface area contributed by atoms with E-state index in [1.54, 1.807) is 13.8 Å². The van der Waals surface area contributed by atoms with Crippen molar-refractivity contribution in [3.05, 3.63) is 12.7 Å². The first-order valence-electron chi connectivity index (χ1n) is 5.87. The van der Waals surface area contributed by atoms with Gasteiger partial charge >= 0.3 is 0 Å². The molecule has 0 aliphatic rings. The van der Waals surface area contributed by atoms with Crippen molar-refractivity contribution in [2.24, 2.45) is 0 Å². The quantitative estimate of drug-likeness (QED) is 0.536. The molecule has 0 saturated carbocycles. The van der Waals surface area contributed by atoms with Crippen LogP contribution in [0.1, 0.15) is 26.7 Å². The van der Waals surface area contributed by atoms with Crippen LogP contribution in [0.15, 0.2) is 12.7 Å². The predicted octanol–water partition coefficient (Wildman–Crippen LogP) is 1.12. The number of quaternary nitrogens is 1. The predicted molar refractivity (Wildman–Crippen MR) is 69.6 cm³/mol. The van der Waals surface area contributed by atoms with Crippen molar-refractivity contribution in [3.63, 3.8) is 0 Å². The first-order valence-corrected chi connectivity index (χ1v) is 5.87. The molecule has 98 valence electrons. The lowest BCUT2D eigenvalue weighted by Gasteiger charge is -2.26. The van der Waals surface area contributed by atoms with Gasteiger partial charge in [0.1, 0.15) is 0 Å². The van der Waals surface area contributed by atoms with Crippen molar-refractivity contribution >= 4 is 11.7 Å². The molecule has 1 N–H and O–H groups in total. The number of nitrogens with one attached hydrogen (secondary N) is 1. The second-order valence-corrected chi connectivity index (χ2v) is 5.86. The van der Waals surface area contributed by atoms with Crippen molar-refractivity contribution in [3.8, 4) is 0 Å². The van der Waals surface area contributed by atoms with Crippen molar-refractivity contribution in [1.82, 2.24) is 5.32 Å². The Morgan fingerprint density at radius 2 is 1.82 bits per heavy atom. The van der Waals surface area contributed by atoms with Gasteiger partial charge in [0.25, 0.3) is 0 Å². The van der Waals surface area contributed by atoms with Gasteiger partial charge in [-0.15, -0.1) is 0 Å². The van der Waals surface area contributed by atoms with Gasteiger partial charge in [-0.1, -0.05) is 6.58 Å². The summed E-state index contributed by atoms with van der Waals surface area (Å²) in [5, 5.41) is 2.64. The van der Waals surface area contributed by atoms with Crippen LogP contribution in [0.2, 0.25) is 0 Å². The van der Waals surface area contributed by atoms with Crippen LogP contribution >= 0.6 is 0 Å². The Kier molecular flexibility index (Phi) is 5.55. The maximum atomic E-state index is 11.9. The number of ketones is 1. The number of rotatable bonds is 7. The number of amides is 1. The fraction of sp³-hybridized carbons (Fsp3) is 0.692. The van der Waals surface area contributed by atoms with Crippen LogP contribution in [-0.4, -0.2) is 49.4 Å². The van der Waals surface area contributed by atoms with E-state index in [4.69, 9.17) is 0 Å². The zero-order valence-electron chi connectivity index (χ0n) is 11.7. The van der Waals surface area contributed by atoms with Gasteiger partial charge < -0.3 is 9.80 Å². The largest absolute Gasteiger partial charge is 0.341 e. The third kappa shape index (κ3) is 6.89. The second-order valence-electron chi connectivity index (χ2n) is 5.86. The first kappa shape index (κ1) is 15.8. The molecule has 0 atom stereocenters. The highest BCUT2D eigenvalue weighted by molar-refractivity contribution is 5.95. The summed E-state index contributed by atoms with van der Waals surface area (Å²) in [6.07, 6.45) is 2.50. The minimum absolute atomic E-state index is 0.0566. The first-order chi connectivity index (χ1) is 7.58. The van der Waals surface area contributed by atoms with Crippen molar-refractivity contribution < 1.29 is 14.1 Å². The Balaban J connectivity index is 4.21. The molecule has 17 heavy (non-hydrogen) atoms.